The third-order valence-electron chi connectivity index (χ3n) is 3.06. The lowest BCUT2D eigenvalue weighted by Gasteiger charge is -2.00. The highest BCUT2D eigenvalue weighted by atomic mass is 35.5. The summed E-state index contributed by atoms with van der Waals surface area (Å²) in [7, 11) is 0. The largest absolute Gasteiger partial charge is 0.369 e. The van der Waals surface area contributed by atoms with Gasteiger partial charge in [0.05, 0.1) is 0 Å². The van der Waals surface area contributed by atoms with Gasteiger partial charge in [0.1, 0.15) is 5.82 Å². The van der Waals surface area contributed by atoms with E-state index >= 15 is 0 Å². The van der Waals surface area contributed by atoms with E-state index in [-0.39, 0.29) is 23.9 Å². The first-order valence-corrected chi connectivity index (χ1v) is 6.18. The number of nitrogens with one attached hydrogen (secondary N) is 2. The molecule has 8 heteroatoms. The third-order valence-corrected chi connectivity index (χ3v) is 3.06. The normalized spacial score (nSPS) is 10.5. The van der Waals surface area contributed by atoms with Gasteiger partial charge in [-0.25, -0.2) is 4.98 Å². The molecule has 7 nitrogen and oxygen atoms in total. The number of benzene rings is 1. The second-order valence-electron chi connectivity index (χ2n) is 4.53. The lowest BCUT2D eigenvalue weighted by atomic mass is 10.1. The summed E-state index contributed by atoms with van der Waals surface area (Å²) >= 11 is 0. The van der Waals surface area contributed by atoms with Crippen LogP contribution in [0.15, 0.2) is 29.1 Å². The molecule has 0 atom stereocenters. The van der Waals surface area contributed by atoms with Crippen molar-refractivity contribution in [1.82, 2.24) is 19.9 Å². The number of fused-ring (bicyclic) bond motifs is 1. The minimum Gasteiger partial charge on any atom is -0.369 e. The van der Waals surface area contributed by atoms with E-state index in [1.54, 1.807) is 0 Å². The first-order chi connectivity index (χ1) is 9.65. The van der Waals surface area contributed by atoms with Crippen LogP contribution in [0.5, 0.6) is 0 Å². The number of nitrogens with zero attached hydrogens (tertiary/aromatic N) is 2. The lowest BCUT2D eigenvalue weighted by molar-refractivity contribution is 1.02. The van der Waals surface area contributed by atoms with E-state index in [1.165, 1.54) is 0 Å². The molecule has 0 saturated heterocycles. The number of hydrogen-bond acceptors (Lipinski definition) is 5. The van der Waals surface area contributed by atoms with Gasteiger partial charge in [-0.15, -0.1) is 12.4 Å². The van der Waals surface area contributed by atoms with Crippen molar-refractivity contribution in [2.75, 3.05) is 5.73 Å². The van der Waals surface area contributed by atoms with Crippen molar-refractivity contribution >= 4 is 29.5 Å². The maximum atomic E-state index is 11.7. The molecule has 0 saturated carbocycles. The van der Waals surface area contributed by atoms with Crippen LogP contribution in [0.4, 0.5) is 5.95 Å². The van der Waals surface area contributed by atoms with Gasteiger partial charge in [-0.3, -0.25) is 9.78 Å². The summed E-state index contributed by atoms with van der Waals surface area (Å²) in [6.07, 6.45) is 0.584. The van der Waals surface area contributed by atoms with Crippen molar-refractivity contribution in [3.8, 4) is 0 Å². The summed E-state index contributed by atoms with van der Waals surface area (Å²) in [4.78, 5) is 25.4. The Balaban J connectivity index is 0.00000161. The number of halogens is 1. The number of aromatic amines is 2. The highest BCUT2D eigenvalue weighted by molar-refractivity contribution is 5.85. The predicted octanol–water partition coefficient (Wildman–Crippen LogP) is 0.700. The van der Waals surface area contributed by atoms with Crippen LogP contribution in [0, 0.1) is 0 Å². The molecule has 0 fully saturated rings. The van der Waals surface area contributed by atoms with Gasteiger partial charge in [-0.05, 0) is 11.1 Å². The van der Waals surface area contributed by atoms with Gasteiger partial charge in [0.15, 0.2) is 11.2 Å². The molecule has 0 aliphatic carbocycles. The summed E-state index contributed by atoms with van der Waals surface area (Å²) in [6.45, 7) is 0.517. The van der Waals surface area contributed by atoms with Crippen molar-refractivity contribution in [2.24, 2.45) is 5.73 Å². The van der Waals surface area contributed by atoms with Gasteiger partial charge in [0.2, 0.25) is 5.95 Å². The van der Waals surface area contributed by atoms with Crippen LogP contribution in [-0.2, 0) is 13.0 Å². The molecule has 0 bridgehead atoms. The second kappa shape index (κ2) is 5.94. The fourth-order valence-corrected chi connectivity index (χ4v) is 2.04. The molecule has 2 aromatic heterocycles. The smallest absolute Gasteiger partial charge is 0.278 e. The minimum absolute atomic E-state index is 0. The average Bonchev–Trinajstić information content (AvgIpc) is 2.82. The first kappa shape index (κ1) is 15.0. The van der Waals surface area contributed by atoms with Crippen LogP contribution in [-0.4, -0.2) is 19.9 Å². The summed E-state index contributed by atoms with van der Waals surface area (Å²) < 4.78 is 0. The Morgan fingerprint density at radius 1 is 1.05 bits per heavy atom. The van der Waals surface area contributed by atoms with Gasteiger partial charge in [-0.2, -0.15) is 4.98 Å². The van der Waals surface area contributed by atoms with Crippen LogP contribution in [0.1, 0.15) is 17.0 Å². The molecule has 0 amide bonds. The monoisotopic (exact) mass is 306 g/mol. The Labute approximate surface area is 126 Å². The highest BCUT2D eigenvalue weighted by Gasteiger charge is 2.09. The number of anilines is 1. The van der Waals surface area contributed by atoms with Gasteiger partial charge in [0.25, 0.3) is 5.56 Å². The molecule has 0 aliphatic rings. The summed E-state index contributed by atoms with van der Waals surface area (Å²) in [5.41, 5.74) is 13.6. The van der Waals surface area contributed by atoms with Crippen molar-refractivity contribution in [3.05, 3.63) is 51.6 Å². The van der Waals surface area contributed by atoms with Crippen molar-refractivity contribution in [3.63, 3.8) is 0 Å². The Kier molecular flexibility index (Phi) is 4.25. The van der Waals surface area contributed by atoms with E-state index < -0.39 is 0 Å². The quantitative estimate of drug-likeness (QED) is 0.566. The molecule has 0 unspecified atom stereocenters. The van der Waals surface area contributed by atoms with Crippen LogP contribution in [0.2, 0.25) is 0 Å². The molecular formula is C13H15ClN6O. The summed E-state index contributed by atoms with van der Waals surface area (Å²) in [6, 6.07) is 7.92. The molecule has 1 aromatic carbocycles. The van der Waals surface area contributed by atoms with E-state index in [9.17, 15) is 4.79 Å². The third kappa shape index (κ3) is 3.04. The topological polar surface area (TPSA) is 126 Å². The van der Waals surface area contributed by atoms with E-state index in [1.807, 2.05) is 24.3 Å². The second-order valence-corrected chi connectivity index (χ2v) is 4.53. The number of nitrogen functional groups attached to an aromatic ring is 1. The van der Waals surface area contributed by atoms with Gasteiger partial charge in [-0.1, -0.05) is 24.3 Å². The number of rotatable bonds is 3. The minimum atomic E-state index is -0.315. The van der Waals surface area contributed by atoms with Gasteiger partial charge >= 0.3 is 0 Å². The fourth-order valence-electron chi connectivity index (χ4n) is 2.04. The van der Waals surface area contributed by atoms with Crippen molar-refractivity contribution in [2.45, 2.75) is 13.0 Å². The number of H-pyrrole nitrogens is 2. The Bertz CT molecular complexity index is 808. The predicted molar refractivity (Wildman–Crippen MR) is 83.3 cm³/mol. The van der Waals surface area contributed by atoms with Crippen LogP contribution in [0.3, 0.4) is 0 Å². The maximum absolute atomic E-state index is 11.7. The first-order valence-electron chi connectivity index (χ1n) is 6.18. The highest BCUT2D eigenvalue weighted by Crippen LogP contribution is 2.11. The number of hydrogen-bond donors (Lipinski definition) is 4. The van der Waals surface area contributed by atoms with E-state index in [0.29, 0.717) is 30.0 Å². The molecule has 6 N–H and O–H groups in total. The zero-order chi connectivity index (χ0) is 14.1. The van der Waals surface area contributed by atoms with E-state index in [0.717, 1.165) is 11.1 Å². The number of imidazole rings is 1. The molecule has 110 valence electrons. The molecule has 2 heterocycles. The van der Waals surface area contributed by atoms with E-state index in [4.69, 9.17) is 11.5 Å². The number of nitrogens with two attached hydrogens (primary N) is 2. The van der Waals surface area contributed by atoms with Crippen LogP contribution >= 0.6 is 12.4 Å². The summed E-state index contributed by atoms with van der Waals surface area (Å²) in [5.74, 6) is 0.733. The zero-order valence-electron chi connectivity index (χ0n) is 11.1. The molecule has 0 radical (unpaired) electrons. The van der Waals surface area contributed by atoms with Crippen LogP contribution < -0.4 is 17.0 Å². The SMILES string of the molecule is Cl.NCc1ccc(Cc2nc3nc(N)[nH]c(=O)c3[nH]2)cc1. The van der Waals surface area contributed by atoms with Gasteiger partial charge < -0.3 is 16.5 Å². The fraction of sp³-hybridized carbons (Fsp3) is 0.154. The zero-order valence-corrected chi connectivity index (χ0v) is 11.9. The Morgan fingerprint density at radius 2 is 1.71 bits per heavy atom. The van der Waals surface area contributed by atoms with Crippen molar-refractivity contribution in [1.29, 1.82) is 0 Å². The average molecular weight is 307 g/mol. The van der Waals surface area contributed by atoms with Gasteiger partial charge in [0, 0.05) is 13.0 Å². The lowest BCUT2D eigenvalue weighted by Crippen LogP contribution is -2.10. The summed E-state index contributed by atoms with van der Waals surface area (Å²) in [5, 5.41) is 0. The Morgan fingerprint density at radius 3 is 2.38 bits per heavy atom. The van der Waals surface area contributed by atoms with Crippen LogP contribution in [0.25, 0.3) is 11.2 Å². The Hall–Kier alpha value is -2.38. The molecule has 3 rings (SSSR count). The number of aromatic nitrogens is 4. The van der Waals surface area contributed by atoms with E-state index in [2.05, 4.69) is 19.9 Å². The molecule has 0 spiro atoms. The standard InChI is InChI=1S/C13H14N6O.ClH/c14-6-8-3-1-7(2-4-8)5-9-16-10-11(17-9)18-13(15)19-12(10)20;/h1-4H,5-6,14H2,(H4,15,16,17,18,19,20);1H. The molecular weight excluding hydrogens is 292 g/mol. The van der Waals surface area contributed by atoms with Crippen molar-refractivity contribution < 1.29 is 0 Å². The molecule has 3 aromatic rings. The maximum Gasteiger partial charge on any atom is 0.278 e. The molecule has 0 aliphatic heterocycles. The molecule has 21 heavy (non-hydrogen) atoms.